The van der Waals surface area contributed by atoms with Crippen LogP contribution in [0.25, 0.3) is 11.3 Å². The van der Waals surface area contributed by atoms with Gasteiger partial charge in [0.1, 0.15) is 6.67 Å². The number of rotatable bonds is 7. The Morgan fingerprint density at radius 2 is 2.04 bits per heavy atom. The predicted molar refractivity (Wildman–Crippen MR) is 111 cm³/mol. The molecule has 0 unspecified atom stereocenters. The van der Waals surface area contributed by atoms with Crippen molar-refractivity contribution in [3.05, 3.63) is 40.7 Å². The lowest BCUT2D eigenvalue weighted by Gasteiger charge is -2.12. The van der Waals surface area contributed by atoms with E-state index in [-0.39, 0.29) is 11.4 Å². The molecule has 0 atom stereocenters. The van der Waals surface area contributed by atoms with Gasteiger partial charge in [-0.25, -0.2) is 14.4 Å². The number of nitrogens with zero attached hydrogens (tertiary/aromatic N) is 2. The van der Waals surface area contributed by atoms with E-state index in [0.717, 1.165) is 5.92 Å². The molecule has 0 radical (unpaired) electrons. The largest absolute Gasteiger partial charge is 0.477 e. The van der Waals surface area contributed by atoms with Crippen LogP contribution in [0.2, 0.25) is 5.02 Å². The smallest absolute Gasteiger partial charge is 0.222 e. The van der Waals surface area contributed by atoms with Gasteiger partial charge in [-0.15, -0.1) is 0 Å². The summed E-state index contributed by atoms with van der Waals surface area (Å²) in [6, 6.07) is 5.23. The van der Waals surface area contributed by atoms with Crippen LogP contribution in [0.3, 0.4) is 0 Å². The fourth-order valence-corrected chi connectivity index (χ4v) is 2.68. The Morgan fingerprint density at radius 1 is 1.33 bits per heavy atom. The zero-order valence-corrected chi connectivity index (χ0v) is 17.5. The van der Waals surface area contributed by atoms with Gasteiger partial charge < -0.3 is 10.1 Å². The van der Waals surface area contributed by atoms with Crippen molar-refractivity contribution in [2.24, 2.45) is 5.92 Å². The van der Waals surface area contributed by atoms with E-state index in [4.69, 9.17) is 21.7 Å². The topological polar surface area (TPSA) is 58.9 Å². The molecule has 0 fully saturated rings. The second-order valence-electron chi connectivity index (χ2n) is 6.55. The third kappa shape index (κ3) is 6.90. The number of nitrogens with one attached hydrogen (secondary N) is 1. The van der Waals surface area contributed by atoms with Gasteiger partial charge in [-0.2, -0.15) is 0 Å². The number of pyridine rings is 2. The lowest BCUT2D eigenvalue weighted by molar-refractivity contribution is 0.328. The Morgan fingerprint density at radius 3 is 2.56 bits per heavy atom. The predicted octanol–water partition coefficient (Wildman–Crippen LogP) is 6.28. The SMILES string of the molecule is CCCC(C)C.CCOc1ncccc1-c1cc(Cl)c(C)c(C(=N)CF)n1. The van der Waals surface area contributed by atoms with Crippen LogP contribution in [-0.2, 0) is 0 Å². The number of hydrogen-bond donors (Lipinski definition) is 1. The molecule has 2 heterocycles. The molecule has 1 N–H and O–H groups in total. The van der Waals surface area contributed by atoms with Crippen molar-refractivity contribution in [2.75, 3.05) is 13.3 Å². The summed E-state index contributed by atoms with van der Waals surface area (Å²) in [5.41, 5.74) is 1.82. The summed E-state index contributed by atoms with van der Waals surface area (Å²) in [6.45, 7) is 9.88. The van der Waals surface area contributed by atoms with Gasteiger partial charge in [0.25, 0.3) is 0 Å². The summed E-state index contributed by atoms with van der Waals surface area (Å²) in [6.07, 6.45) is 4.33. The maximum Gasteiger partial charge on any atom is 0.222 e. The normalized spacial score (nSPS) is 10.4. The molecular formula is C21H29ClFN3O. The van der Waals surface area contributed by atoms with Crippen LogP contribution in [0.4, 0.5) is 4.39 Å². The minimum Gasteiger partial charge on any atom is -0.477 e. The van der Waals surface area contributed by atoms with Gasteiger partial charge in [0.05, 0.1) is 29.3 Å². The molecule has 0 aromatic carbocycles. The van der Waals surface area contributed by atoms with Crippen molar-refractivity contribution in [1.82, 2.24) is 9.97 Å². The Balaban J connectivity index is 0.000000527. The summed E-state index contributed by atoms with van der Waals surface area (Å²) >= 11 is 6.18. The highest BCUT2D eigenvalue weighted by Crippen LogP contribution is 2.30. The highest BCUT2D eigenvalue weighted by molar-refractivity contribution is 6.32. The summed E-state index contributed by atoms with van der Waals surface area (Å²) < 4.78 is 18.2. The zero-order valence-electron chi connectivity index (χ0n) is 16.8. The van der Waals surface area contributed by atoms with Crippen molar-refractivity contribution in [3.63, 3.8) is 0 Å². The van der Waals surface area contributed by atoms with E-state index in [2.05, 4.69) is 30.7 Å². The molecule has 0 amide bonds. The maximum absolute atomic E-state index is 12.8. The average molecular weight is 394 g/mol. The van der Waals surface area contributed by atoms with Crippen LogP contribution in [0.5, 0.6) is 5.88 Å². The molecule has 0 saturated heterocycles. The first-order valence-corrected chi connectivity index (χ1v) is 9.62. The summed E-state index contributed by atoms with van der Waals surface area (Å²) in [4.78, 5) is 8.51. The van der Waals surface area contributed by atoms with Crippen molar-refractivity contribution in [2.45, 2.75) is 47.5 Å². The van der Waals surface area contributed by atoms with Gasteiger partial charge in [0, 0.05) is 11.2 Å². The molecule has 0 aliphatic carbocycles. The Hall–Kier alpha value is -2.01. The van der Waals surface area contributed by atoms with Gasteiger partial charge in [-0.3, -0.25) is 0 Å². The molecule has 2 aromatic rings. The van der Waals surface area contributed by atoms with Crippen LogP contribution in [0, 0.1) is 18.3 Å². The summed E-state index contributed by atoms with van der Waals surface area (Å²) in [5, 5.41) is 8.10. The molecule has 2 aromatic heterocycles. The number of ether oxygens (including phenoxy) is 1. The minimum atomic E-state index is -0.890. The van der Waals surface area contributed by atoms with E-state index in [1.807, 2.05) is 6.92 Å². The monoisotopic (exact) mass is 393 g/mol. The molecule has 0 bridgehead atoms. The van der Waals surface area contributed by atoms with E-state index < -0.39 is 6.67 Å². The maximum atomic E-state index is 12.8. The van der Waals surface area contributed by atoms with Gasteiger partial charge in [-0.05, 0) is 43.5 Å². The van der Waals surface area contributed by atoms with E-state index >= 15 is 0 Å². The molecule has 0 saturated carbocycles. The molecule has 0 aliphatic heterocycles. The van der Waals surface area contributed by atoms with Crippen LogP contribution in [0.1, 0.15) is 51.8 Å². The Kier molecular flexibility index (Phi) is 9.94. The quantitative estimate of drug-likeness (QED) is 0.562. The number of hydrogen-bond acceptors (Lipinski definition) is 4. The molecule has 27 heavy (non-hydrogen) atoms. The number of halogens is 2. The summed E-state index contributed by atoms with van der Waals surface area (Å²) in [7, 11) is 0. The first kappa shape index (κ1) is 23.0. The Bertz CT molecular complexity index is 750. The molecule has 2 rings (SSSR count). The molecule has 0 spiro atoms. The molecule has 0 aliphatic rings. The minimum absolute atomic E-state index is 0.196. The zero-order chi connectivity index (χ0) is 20.4. The standard InChI is InChI=1S/C15H15ClFN3O.C6H14/c1-3-21-15-10(5-4-6-19-15)13-7-11(16)9(2)14(20-13)12(18)8-17;1-4-5-6(2)3/h4-7,18H,3,8H2,1-2H3;6H,4-5H2,1-3H3. The van der Waals surface area contributed by atoms with Crippen molar-refractivity contribution in [3.8, 4) is 17.1 Å². The molecule has 4 nitrogen and oxygen atoms in total. The molecular weight excluding hydrogens is 365 g/mol. The van der Waals surface area contributed by atoms with Crippen molar-refractivity contribution >= 4 is 17.3 Å². The average Bonchev–Trinajstić information content (AvgIpc) is 2.64. The van der Waals surface area contributed by atoms with Gasteiger partial charge in [0.15, 0.2) is 0 Å². The number of aromatic nitrogens is 2. The lowest BCUT2D eigenvalue weighted by Crippen LogP contribution is -2.08. The van der Waals surface area contributed by atoms with Crippen LogP contribution < -0.4 is 4.74 Å². The van der Waals surface area contributed by atoms with E-state index in [9.17, 15) is 4.39 Å². The van der Waals surface area contributed by atoms with Gasteiger partial charge in [0.2, 0.25) is 5.88 Å². The highest BCUT2D eigenvalue weighted by atomic mass is 35.5. The fraction of sp³-hybridized carbons (Fsp3) is 0.476. The highest BCUT2D eigenvalue weighted by Gasteiger charge is 2.16. The fourth-order valence-electron chi connectivity index (χ4n) is 2.49. The van der Waals surface area contributed by atoms with E-state index in [1.165, 1.54) is 12.8 Å². The van der Waals surface area contributed by atoms with E-state index in [1.54, 1.807) is 31.3 Å². The van der Waals surface area contributed by atoms with Gasteiger partial charge >= 0.3 is 0 Å². The van der Waals surface area contributed by atoms with Gasteiger partial charge in [-0.1, -0.05) is 45.2 Å². The number of alkyl halides is 1. The van der Waals surface area contributed by atoms with Crippen LogP contribution >= 0.6 is 11.6 Å². The van der Waals surface area contributed by atoms with Crippen LogP contribution in [-0.4, -0.2) is 29.0 Å². The first-order valence-electron chi connectivity index (χ1n) is 9.24. The van der Waals surface area contributed by atoms with E-state index in [0.29, 0.717) is 34.3 Å². The first-order chi connectivity index (χ1) is 12.8. The second kappa shape index (κ2) is 11.7. The molecule has 148 valence electrons. The van der Waals surface area contributed by atoms with Crippen molar-refractivity contribution in [1.29, 1.82) is 5.41 Å². The van der Waals surface area contributed by atoms with Crippen molar-refractivity contribution < 1.29 is 9.13 Å². The third-order valence-electron chi connectivity index (χ3n) is 3.82. The summed E-state index contributed by atoms with van der Waals surface area (Å²) in [5.74, 6) is 1.33. The Labute approximate surface area is 166 Å². The van der Waals surface area contributed by atoms with Crippen LogP contribution in [0.15, 0.2) is 24.4 Å². The second-order valence-corrected chi connectivity index (χ2v) is 6.95. The third-order valence-corrected chi connectivity index (χ3v) is 4.22. The lowest BCUT2D eigenvalue weighted by atomic mass is 10.1. The molecule has 6 heteroatoms.